The topological polar surface area (TPSA) is 66.9 Å². The van der Waals surface area contributed by atoms with Gasteiger partial charge in [-0.1, -0.05) is 12.1 Å². The maximum absolute atomic E-state index is 11.7. The molecule has 1 aromatic carbocycles. The molecule has 2 N–H and O–H groups in total. The zero-order valence-corrected chi connectivity index (χ0v) is 9.60. The van der Waals surface area contributed by atoms with Gasteiger partial charge < -0.3 is 10.6 Å². The summed E-state index contributed by atoms with van der Waals surface area (Å²) in [6.07, 6.45) is 1.50. The van der Waals surface area contributed by atoms with Gasteiger partial charge in [-0.3, -0.25) is 9.78 Å². The first kappa shape index (κ1) is 11.5. The zero-order chi connectivity index (χ0) is 12.1. The molecule has 0 aliphatic rings. The van der Waals surface area contributed by atoms with Crippen molar-refractivity contribution in [2.75, 3.05) is 20.1 Å². The Morgan fingerprint density at radius 2 is 2.00 bits per heavy atom. The molecular weight excluding hydrogens is 216 g/mol. The van der Waals surface area contributed by atoms with Gasteiger partial charge in [-0.05, 0) is 19.2 Å². The number of carbonyl (C=O) groups is 1. The van der Waals surface area contributed by atoms with Crippen LogP contribution in [0, 0.1) is 0 Å². The van der Waals surface area contributed by atoms with Crippen LogP contribution >= 0.6 is 0 Å². The number of likely N-dealkylation sites (N-methyl/N-ethyl adjacent to an activating group) is 1. The van der Waals surface area contributed by atoms with Crippen molar-refractivity contribution < 1.29 is 4.79 Å². The van der Waals surface area contributed by atoms with Crippen LogP contribution in [0.15, 0.2) is 30.5 Å². The minimum absolute atomic E-state index is 0.196. The predicted octanol–water partition coefficient (Wildman–Crippen LogP) is 0.579. The molecule has 0 unspecified atom stereocenters. The molecule has 17 heavy (non-hydrogen) atoms. The van der Waals surface area contributed by atoms with Crippen LogP contribution in [0.3, 0.4) is 0 Å². The van der Waals surface area contributed by atoms with Gasteiger partial charge in [0, 0.05) is 13.1 Å². The number of hydrogen-bond donors (Lipinski definition) is 2. The number of amides is 1. The third-order valence-corrected chi connectivity index (χ3v) is 2.34. The number of nitrogens with one attached hydrogen (secondary N) is 2. The van der Waals surface area contributed by atoms with Crippen molar-refractivity contribution in [2.24, 2.45) is 0 Å². The number of hydrogen-bond acceptors (Lipinski definition) is 4. The summed E-state index contributed by atoms with van der Waals surface area (Å²) < 4.78 is 0. The second kappa shape index (κ2) is 5.36. The van der Waals surface area contributed by atoms with Crippen LogP contribution in [0.25, 0.3) is 11.0 Å². The van der Waals surface area contributed by atoms with Crippen LogP contribution in [0.4, 0.5) is 0 Å². The first-order valence-corrected chi connectivity index (χ1v) is 5.46. The second-order valence-electron chi connectivity index (χ2n) is 3.60. The first-order chi connectivity index (χ1) is 8.31. The highest BCUT2D eigenvalue weighted by molar-refractivity contribution is 5.93. The standard InChI is InChI=1S/C12H14N4O/c1-13-6-7-14-12(17)11-8-15-9-4-2-3-5-10(9)16-11/h2-5,8,13H,6-7H2,1H3,(H,14,17). The van der Waals surface area contributed by atoms with Crippen molar-refractivity contribution in [1.29, 1.82) is 0 Å². The monoisotopic (exact) mass is 230 g/mol. The highest BCUT2D eigenvalue weighted by Gasteiger charge is 2.07. The maximum Gasteiger partial charge on any atom is 0.271 e. The molecule has 2 rings (SSSR count). The molecule has 2 aromatic rings. The Balaban J connectivity index is 2.15. The number of para-hydroxylation sites is 2. The normalized spacial score (nSPS) is 10.4. The van der Waals surface area contributed by atoms with Gasteiger partial charge in [-0.2, -0.15) is 0 Å². The van der Waals surface area contributed by atoms with Crippen LogP contribution < -0.4 is 10.6 Å². The van der Waals surface area contributed by atoms with Gasteiger partial charge in [0.2, 0.25) is 0 Å². The Morgan fingerprint density at radius 1 is 1.24 bits per heavy atom. The van der Waals surface area contributed by atoms with E-state index in [2.05, 4.69) is 20.6 Å². The van der Waals surface area contributed by atoms with E-state index in [9.17, 15) is 4.79 Å². The lowest BCUT2D eigenvalue weighted by molar-refractivity contribution is 0.0949. The van der Waals surface area contributed by atoms with Crippen LogP contribution in [0.1, 0.15) is 10.5 Å². The first-order valence-electron chi connectivity index (χ1n) is 5.46. The van der Waals surface area contributed by atoms with Crippen LogP contribution in [-0.4, -0.2) is 36.0 Å². The minimum atomic E-state index is -0.196. The van der Waals surface area contributed by atoms with Gasteiger partial charge >= 0.3 is 0 Å². The molecule has 0 radical (unpaired) electrons. The van der Waals surface area contributed by atoms with Crippen LogP contribution in [-0.2, 0) is 0 Å². The van der Waals surface area contributed by atoms with Gasteiger partial charge in [0.15, 0.2) is 0 Å². The van der Waals surface area contributed by atoms with E-state index in [0.717, 1.165) is 17.6 Å². The Bertz CT molecular complexity index is 527. The lowest BCUT2D eigenvalue weighted by Gasteiger charge is -2.04. The summed E-state index contributed by atoms with van der Waals surface area (Å²) in [7, 11) is 1.84. The number of rotatable bonds is 4. The lowest BCUT2D eigenvalue weighted by Crippen LogP contribution is -2.31. The minimum Gasteiger partial charge on any atom is -0.349 e. The van der Waals surface area contributed by atoms with Gasteiger partial charge in [0.05, 0.1) is 17.2 Å². The van der Waals surface area contributed by atoms with Crippen molar-refractivity contribution in [1.82, 2.24) is 20.6 Å². The third-order valence-electron chi connectivity index (χ3n) is 2.34. The highest BCUT2D eigenvalue weighted by atomic mass is 16.1. The van der Waals surface area contributed by atoms with Gasteiger partial charge in [0.25, 0.3) is 5.91 Å². The smallest absolute Gasteiger partial charge is 0.271 e. The molecule has 5 nitrogen and oxygen atoms in total. The van der Waals surface area contributed by atoms with E-state index < -0.39 is 0 Å². The molecule has 0 saturated heterocycles. The third kappa shape index (κ3) is 2.76. The molecule has 0 spiro atoms. The molecule has 5 heteroatoms. The average Bonchev–Trinajstić information content (AvgIpc) is 2.38. The van der Waals surface area contributed by atoms with Crippen molar-refractivity contribution in [2.45, 2.75) is 0 Å². The van der Waals surface area contributed by atoms with Crippen molar-refractivity contribution in [3.05, 3.63) is 36.2 Å². The molecule has 0 aliphatic carbocycles. The van der Waals surface area contributed by atoms with E-state index in [-0.39, 0.29) is 5.91 Å². The average molecular weight is 230 g/mol. The van der Waals surface area contributed by atoms with Gasteiger partial charge in [-0.25, -0.2) is 4.98 Å². The maximum atomic E-state index is 11.7. The molecule has 1 aromatic heterocycles. The highest BCUT2D eigenvalue weighted by Crippen LogP contribution is 2.08. The van der Waals surface area contributed by atoms with E-state index >= 15 is 0 Å². The quantitative estimate of drug-likeness (QED) is 0.754. The van der Waals surface area contributed by atoms with Crippen molar-refractivity contribution in [3.8, 4) is 0 Å². The largest absolute Gasteiger partial charge is 0.349 e. The Kier molecular flexibility index (Phi) is 3.62. The SMILES string of the molecule is CNCCNC(=O)c1cnc2ccccc2n1. The van der Waals surface area contributed by atoms with Crippen LogP contribution in [0.2, 0.25) is 0 Å². The number of benzene rings is 1. The molecule has 0 atom stereocenters. The van der Waals surface area contributed by atoms with Crippen molar-refractivity contribution in [3.63, 3.8) is 0 Å². The summed E-state index contributed by atoms with van der Waals surface area (Å²) in [6.45, 7) is 1.30. The van der Waals surface area contributed by atoms with Gasteiger partial charge in [-0.15, -0.1) is 0 Å². The van der Waals surface area contributed by atoms with Crippen LogP contribution in [0.5, 0.6) is 0 Å². The fourth-order valence-electron chi connectivity index (χ4n) is 1.46. The molecule has 1 heterocycles. The van der Waals surface area contributed by atoms with Crippen molar-refractivity contribution >= 4 is 16.9 Å². The zero-order valence-electron chi connectivity index (χ0n) is 9.60. The number of nitrogens with zero attached hydrogens (tertiary/aromatic N) is 2. The fourth-order valence-corrected chi connectivity index (χ4v) is 1.46. The number of aromatic nitrogens is 2. The molecule has 88 valence electrons. The molecule has 0 aliphatic heterocycles. The summed E-state index contributed by atoms with van der Waals surface area (Å²) in [5, 5.41) is 5.71. The summed E-state index contributed by atoms with van der Waals surface area (Å²) in [6, 6.07) is 7.47. The molecule has 1 amide bonds. The summed E-state index contributed by atoms with van der Waals surface area (Å²) in [4.78, 5) is 20.2. The fraction of sp³-hybridized carbons (Fsp3) is 0.250. The Morgan fingerprint density at radius 3 is 2.76 bits per heavy atom. The summed E-state index contributed by atoms with van der Waals surface area (Å²) in [5.74, 6) is -0.196. The van der Waals surface area contributed by atoms with E-state index in [0.29, 0.717) is 12.2 Å². The Hall–Kier alpha value is -2.01. The Labute approximate surface area is 99.3 Å². The number of carbonyl (C=O) groups excluding carboxylic acids is 1. The van der Waals surface area contributed by atoms with Gasteiger partial charge in [0.1, 0.15) is 5.69 Å². The lowest BCUT2D eigenvalue weighted by atomic mass is 10.3. The molecule has 0 saturated carbocycles. The predicted molar refractivity (Wildman–Crippen MR) is 65.8 cm³/mol. The summed E-state index contributed by atoms with van der Waals surface area (Å²) >= 11 is 0. The molecule has 0 fully saturated rings. The molecular formula is C12H14N4O. The molecule has 0 bridgehead atoms. The summed E-state index contributed by atoms with van der Waals surface area (Å²) in [5.41, 5.74) is 1.87. The van der Waals surface area contributed by atoms with E-state index in [4.69, 9.17) is 0 Å². The number of fused-ring (bicyclic) bond motifs is 1. The van der Waals surface area contributed by atoms with E-state index in [1.54, 1.807) is 0 Å². The second-order valence-corrected chi connectivity index (χ2v) is 3.60. The van der Waals surface area contributed by atoms with E-state index in [1.807, 2.05) is 31.3 Å². The van der Waals surface area contributed by atoms with E-state index in [1.165, 1.54) is 6.20 Å².